The van der Waals surface area contributed by atoms with Gasteiger partial charge in [-0.3, -0.25) is 9.69 Å². The molecular formula is C24H28N4O3. The molecule has 1 aliphatic rings. The Morgan fingerprint density at radius 1 is 1.10 bits per heavy atom. The van der Waals surface area contributed by atoms with E-state index in [0.29, 0.717) is 31.2 Å². The van der Waals surface area contributed by atoms with E-state index in [4.69, 9.17) is 9.15 Å². The first-order chi connectivity index (χ1) is 15.2. The van der Waals surface area contributed by atoms with Gasteiger partial charge in [0.15, 0.2) is 0 Å². The molecule has 0 aliphatic carbocycles. The number of nitrogens with zero attached hydrogens (tertiary/aromatic N) is 3. The number of carbonyl (C=O) groups excluding carboxylic acids is 1. The van der Waals surface area contributed by atoms with Crippen LogP contribution in [-0.2, 0) is 11.2 Å². The fourth-order valence-corrected chi connectivity index (χ4v) is 4.00. The van der Waals surface area contributed by atoms with E-state index < -0.39 is 0 Å². The van der Waals surface area contributed by atoms with Gasteiger partial charge in [0, 0.05) is 30.5 Å². The van der Waals surface area contributed by atoms with Gasteiger partial charge in [-0.1, -0.05) is 36.4 Å². The maximum absolute atomic E-state index is 12.5. The average Bonchev–Trinajstić information content (AvgIpc) is 3.51. The Balaban J connectivity index is 1.34. The molecule has 1 aliphatic heterocycles. The van der Waals surface area contributed by atoms with Crippen LogP contribution in [-0.4, -0.2) is 47.7 Å². The molecule has 2 aromatic carbocycles. The maximum atomic E-state index is 12.5. The first-order valence-corrected chi connectivity index (χ1v) is 10.8. The number of ether oxygens (including phenoxy) is 1. The zero-order valence-corrected chi connectivity index (χ0v) is 17.8. The number of rotatable bonds is 9. The lowest BCUT2D eigenvalue weighted by molar-refractivity contribution is -0.121. The second-order valence-electron chi connectivity index (χ2n) is 7.67. The van der Waals surface area contributed by atoms with E-state index in [2.05, 4.69) is 26.5 Å². The second-order valence-corrected chi connectivity index (χ2v) is 7.67. The van der Waals surface area contributed by atoms with Crippen LogP contribution in [0, 0.1) is 0 Å². The topological polar surface area (TPSA) is 80.5 Å². The summed E-state index contributed by atoms with van der Waals surface area (Å²) in [6, 6.07) is 17.7. The van der Waals surface area contributed by atoms with Gasteiger partial charge in [0.05, 0.1) is 13.2 Å². The number of hydrogen-bond acceptors (Lipinski definition) is 6. The van der Waals surface area contributed by atoms with Crippen LogP contribution in [0.15, 0.2) is 59.0 Å². The van der Waals surface area contributed by atoms with Crippen LogP contribution in [0.4, 0.5) is 0 Å². The van der Waals surface area contributed by atoms with Gasteiger partial charge in [-0.2, -0.15) is 0 Å². The summed E-state index contributed by atoms with van der Waals surface area (Å²) in [7, 11) is 1.69. The number of aryl methyl sites for hydroxylation is 1. The molecule has 3 aromatic rings. The fraction of sp³-hybridized carbons (Fsp3) is 0.375. The fourth-order valence-electron chi connectivity index (χ4n) is 4.00. The monoisotopic (exact) mass is 420 g/mol. The predicted octanol–water partition coefficient (Wildman–Crippen LogP) is 3.63. The molecule has 0 radical (unpaired) electrons. The van der Waals surface area contributed by atoms with Gasteiger partial charge < -0.3 is 14.5 Å². The van der Waals surface area contributed by atoms with E-state index in [-0.39, 0.29) is 11.9 Å². The standard InChI is InChI=1S/C24H28N4O3/c1-30-21-12-6-5-11-19(21)20(28-15-7-8-16-28)17-25-22(29)13-14-23-26-27-24(31-23)18-9-3-2-4-10-18/h2-6,9-12,20H,7-8,13-17H2,1H3,(H,25,29). The Morgan fingerprint density at radius 3 is 2.61 bits per heavy atom. The molecule has 1 N–H and O–H groups in total. The summed E-state index contributed by atoms with van der Waals surface area (Å²) >= 11 is 0. The van der Waals surface area contributed by atoms with Gasteiger partial charge >= 0.3 is 0 Å². The normalized spacial score (nSPS) is 15.0. The van der Waals surface area contributed by atoms with Gasteiger partial charge in [-0.25, -0.2) is 0 Å². The molecule has 1 amide bonds. The molecule has 2 heterocycles. The van der Waals surface area contributed by atoms with Crippen LogP contribution in [0.5, 0.6) is 5.75 Å². The quantitative estimate of drug-likeness (QED) is 0.569. The summed E-state index contributed by atoms with van der Waals surface area (Å²) < 4.78 is 11.3. The van der Waals surface area contributed by atoms with E-state index in [1.54, 1.807) is 7.11 Å². The molecule has 7 nitrogen and oxygen atoms in total. The van der Waals surface area contributed by atoms with E-state index in [9.17, 15) is 4.79 Å². The van der Waals surface area contributed by atoms with Crippen LogP contribution >= 0.6 is 0 Å². The molecule has 7 heteroatoms. The Morgan fingerprint density at radius 2 is 1.84 bits per heavy atom. The highest BCUT2D eigenvalue weighted by atomic mass is 16.5. The van der Waals surface area contributed by atoms with Crippen molar-refractivity contribution in [3.05, 3.63) is 66.1 Å². The number of aromatic nitrogens is 2. The highest BCUT2D eigenvalue weighted by molar-refractivity contribution is 5.76. The van der Waals surface area contributed by atoms with E-state index in [1.807, 2.05) is 48.5 Å². The van der Waals surface area contributed by atoms with Crippen LogP contribution in [0.2, 0.25) is 0 Å². The minimum Gasteiger partial charge on any atom is -0.496 e. The molecule has 1 saturated heterocycles. The molecule has 0 bridgehead atoms. The molecule has 0 spiro atoms. The third kappa shape index (κ3) is 5.30. The van der Waals surface area contributed by atoms with Crippen molar-refractivity contribution in [2.45, 2.75) is 31.7 Å². The molecule has 1 aromatic heterocycles. The predicted molar refractivity (Wildman–Crippen MR) is 118 cm³/mol. The number of nitrogens with one attached hydrogen (secondary N) is 1. The zero-order chi connectivity index (χ0) is 21.5. The number of carbonyl (C=O) groups is 1. The van der Waals surface area contributed by atoms with Crippen LogP contribution < -0.4 is 10.1 Å². The summed E-state index contributed by atoms with van der Waals surface area (Å²) in [5, 5.41) is 11.2. The summed E-state index contributed by atoms with van der Waals surface area (Å²) in [4.78, 5) is 15.0. The van der Waals surface area contributed by atoms with E-state index in [0.717, 1.165) is 30.0 Å². The Bertz CT molecular complexity index is 983. The first kappa shape index (κ1) is 21.1. The number of amides is 1. The van der Waals surface area contributed by atoms with Crippen molar-refractivity contribution in [2.75, 3.05) is 26.7 Å². The van der Waals surface area contributed by atoms with Crippen molar-refractivity contribution < 1.29 is 13.9 Å². The summed E-state index contributed by atoms with van der Waals surface area (Å²) in [6.07, 6.45) is 3.07. The first-order valence-electron chi connectivity index (χ1n) is 10.8. The van der Waals surface area contributed by atoms with Crippen LogP contribution in [0.1, 0.15) is 36.8 Å². The third-order valence-electron chi connectivity index (χ3n) is 5.63. The molecule has 1 unspecified atom stereocenters. The Hall–Kier alpha value is -3.19. The average molecular weight is 421 g/mol. The van der Waals surface area contributed by atoms with Crippen molar-refractivity contribution in [2.24, 2.45) is 0 Å². The van der Waals surface area contributed by atoms with Gasteiger partial charge in [0.1, 0.15) is 5.75 Å². The number of methoxy groups -OCH3 is 1. The van der Waals surface area contributed by atoms with Gasteiger partial charge in [-0.05, 0) is 44.1 Å². The number of likely N-dealkylation sites (tertiary alicyclic amines) is 1. The molecule has 0 saturated carbocycles. The molecule has 1 fully saturated rings. The molecule has 31 heavy (non-hydrogen) atoms. The Labute approximate surface area is 182 Å². The largest absolute Gasteiger partial charge is 0.496 e. The van der Waals surface area contributed by atoms with E-state index >= 15 is 0 Å². The number of para-hydroxylation sites is 1. The summed E-state index contributed by atoms with van der Waals surface area (Å²) in [5.41, 5.74) is 1.98. The Kier molecular flexibility index (Phi) is 6.94. The molecule has 4 rings (SSSR count). The minimum atomic E-state index is -0.0291. The lowest BCUT2D eigenvalue weighted by Gasteiger charge is -2.29. The smallest absolute Gasteiger partial charge is 0.247 e. The van der Waals surface area contributed by atoms with Crippen LogP contribution in [0.3, 0.4) is 0 Å². The van der Waals surface area contributed by atoms with Crippen molar-refractivity contribution >= 4 is 5.91 Å². The highest BCUT2D eigenvalue weighted by Gasteiger charge is 2.26. The van der Waals surface area contributed by atoms with Gasteiger partial charge in [0.2, 0.25) is 17.7 Å². The zero-order valence-electron chi connectivity index (χ0n) is 17.8. The lowest BCUT2D eigenvalue weighted by Crippen LogP contribution is -2.37. The molecule has 162 valence electrons. The summed E-state index contributed by atoms with van der Waals surface area (Å²) in [5.74, 6) is 1.77. The number of hydrogen-bond donors (Lipinski definition) is 1. The van der Waals surface area contributed by atoms with Gasteiger partial charge in [0.25, 0.3) is 0 Å². The van der Waals surface area contributed by atoms with Crippen molar-refractivity contribution in [3.63, 3.8) is 0 Å². The molecule has 1 atom stereocenters. The summed E-state index contributed by atoms with van der Waals surface area (Å²) in [6.45, 7) is 2.60. The van der Waals surface area contributed by atoms with Crippen LogP contribution in [0.25, 0.3) is 11.5 Å². The SMILES string of the molecule is COc1ccccc1C(CNC(=O)CCc1nnc(-c2ccccc2)o1)N1CCCC1. The second kappa shape index (κ2) is 10.2. The van der Waals surface area contributed by atoms with Crippen molar-refractivity contribution in [3.8, 4) is 17.2 Å². The lowest BCUT2D eigenvalue weighted by atomic mass is 10.0. The minimum absolute atomic E-state index is 0.0291. The van der Waals surface area contributed by atoms with E-state index in [1.165, 1.54) is 12.8 Å². The van der Waals surface area contributed by atoms with Crippen molar-refractivity contribution in [1.82, 2.24) is 20.4 Å². The van der Waals surface area contributed by atoms with Crippen molar-refractivity contribution in [1.29, 1.82) is 0 Å². The number of benzene rings is 2. The maximum Gasteiger partial charge on any atom is 0.247 e. The van der Waals surface area contributed by atoms with Gasteiger partial charge in [-0.15, -0.1) is 10.2 Å². The highest BCUT2D eigenvalue weighted by Crippen LogP contribution is 2.31. The molecular weight excluding hydrogens is 392 g/mol. The third-order valence-corrected chi connectivity index (χ3v) is 5.63.